The van der Waals surface area contributed by atoms with Crippen LogP contribution in [0.2, 0.25) is 0 Å². The van der Waals surface area contributed by atoms with E-state index in [1.165, 1.54) is 0 Å². The van der Waals surface area contributed by atoms with Crippen molar-refractivity contribution in [3.8, 4) is 0 Å². The molecular weight excluding hydrogens is 176 g/mol. The van der Waals surface area contributed by atoms with Crippen LogP contribution in [0, 0.1) is 0 Å². The van der Waals surface area contributed by atoms with Crippen molar-refractivity contribution in [1.82, 2.24) is 9.55 Å². The van der Waals surface area contributed by atoms with Gasteiger partial charge in [-0.1, -0.05) is 6.92 Å². The van der Waals surface area contributed by atoms with Crippen molar-refractivity contribution < 1.29 is 5.11 Å². The number of aromatic nitrogens is 2. The molecule has 2 rings (SSSR count). The van der Waals surface area contributed by atoms with Gasteiger partial charge in [0.1, 0.15) is 5.82 Å². The van der Waals surface area contributed by atoms with Crippen LogP contribution in [0.15, 0.2) is 12.4 Å². The Hall–Kier alpha value is -0.830. The van der Waals surface area contributed by atoms with Gasteiger partial charge in [0, 0.05) is 18.8 Å². The number of imidazole rings is 1. The van der Waals surface area contributed by atoms with Crippen LogP contribution in [0.25, 0.3) is 0 Å². The topological polar surface area (TPSA) is 38.0 Å². The summed E-state index contributed by atoms with van der Waals surface area (Å²) in [5, 5.41) is 9.80. The Kier molecular flexibility index (Phi) is 2.87. The number of aliphatic hydroxyl groups excluding tert-OH is 1. The van der Waals surface area contributed by atoms with E-state index in [4.69, 9.17) is 0 Å². The molecule has 1 aliphatic carbocycles. The summed E-state index contributed by atoms with van der Waals surface area (Å²) in [7, 11) is 0. The maximum atomic E-state index is 9.80. The number of aryl methyl sites for hydroxylation is 1. The molecule has 3 heteroatoms. The Balaban J connectivity index is 2.17. The van der Waals surface area contributed by atoms with E-state index in [-0.39, 0.29) is 12.1 Å². The van der Waals surface area contributed by atoms with Gasteiger partial charge in [-0.25, -0.2) is 4.98 Å². The summed E-state index contributed by atoms with van der Waals surface area (Å²) in [6, 6.07) is 0.277. The van der Waals surface area contributed by atoms with Gasteiger partial charge in [0.25, 0.3) is 0 Å². The molecule has 1 aromatic heterocycles. The minimum Gasteiger partial charge on any atom is -0.391 e. The highest BCUT2D eigenvalue weighted by Crippen LogP contribution is 2.30. The molecule has 1 aromatic rings. The molecule has 1 aliphatic rings. The van der Waals surface area contributed by atoms with E-state index in [0.717, 1.165) is 37.9 Å². The first-order chi connectivity index (χ1) is 6.83. The summed E-state index contributed by atoms with van der Waals surface area (Å²) in [5.74, 6) is 1.12. The van der Waals surface area contributed by atoms with Crippen molar-refractivity contribution in [3.05, 3.63) is 18.2 Å². The molecule has 78 valence electrons. The van der Waals surface area contributed by atoms with Crippen LogP contribution in [-0.4, -0.2) is 20.8 Å². The normalized spacial score (nSPS) is 27.0. The summed E-state index contributed by atoms with van der Waals surface area (Å²) in [4.78, 5) is 4.34. The van der Waals surface area contributed by atoms with Gasteiger partial charge in [0.05, 0.1) is 12.1 Å². The second-order valence-electron chi connectivity index (χ2n) is 4.07. The highest BCUT2D eigenvalue weighted by Gasteiger charge is 2.27. The smallest absolute Gasteiger partial charge is 0.108 e. The van der Waals surface area contributed by atoms with Gasteiger partial charge >= 0.3 is 0 Å². The minimum atomic E-state index is -0.167. The SMILES string of the molecule is CCCc1nccn1[C@H]1CCC[C@@H]1O. The quantitative estimate of drug-likeness (QED) is 0.798. The van der Waals surface area contributed by atoms with E-state index in [9.17, 15) is 5.11 Å². The molecule has 0 radical (unpaired) electrons. The highest BCUT2D eigenvalue weighted by molar-refractivity contribution is 4.98. The molecule has 0 spiro atoms. The molecule has 1 N–H and O–H groups in total. The number of aliphatic hydroxyl groups is 1. The van der Waals surface area contributed by atoms with Crippen LogP contribution in [0.5, 0.6) is 0 Å². The second-order valence-corrected chi connectivity index (χ2v) is 4.07. The lowest BCUT2D eigenvalue weighted by molar-refractivity contribution is 0.135. The van der Waals surface area contributed by atoms with Crippen molar-refractivity contribution >= 4 is 0 Å². The molecule has 0 aliphatic heterocycles. The molecule has 1 saturated carbocycles. The fourth-order valence-corrected chi connectivity index (χ4v) is 2.31. The Morgan fingerprint density at radius 3 is 3.07 bits per heavy atom. The predicted octanol–water partition coefficient (Wildman–Crippen LogP) is 1.92. The van der Waals surface area contributed by atoms with Gasteiger partial charge in [-0.05, 0) is 25.7 Å². The molecule has 0 aromatic carbocycles. The van der Waals surface area contributed by atoms with Crippen LogP contribution in [0.3, 0.4) is 0 Å². The standard InChI is InChI=1S/C11H18N2O/c1-2-4-11-12-7-8-13(11)9-5-3-6-10(9)14/h7-10,14H,2-6H2,1H3/t9-,10-/m0/s1. The average Bonchev–Trinajstić information content (AvgIpc) is 2.74. The molecule has 1 fully saturated rings. The first kappa shape index (κ1) is 9.71. The van der Waals surface area contributed by atoms with Crippen LogP contribution in [0.4, 0.5) is 0 Å². The summed E-state index contributed by atoms with van der Waals surface area (Å²) < 4.78 is 2.17. The molecule has 0 amide bonds. The largest absolute Gasteiger partial charge is 0.391 e. The predicted molar refractivity (Wildman–Crippen MR) is 55.1 cm³/mol. The van der Waals surface area contributed by atoms with E-state index < -0.39 is 0 Å². The van der Waals surface area contributed by atoms with E-state index in [2.05, 4.69) is 16.5 Å². The highest BCUT2D eigenvalue weighted by atomic mass is 16.3. The first-order valence-corrected chi connectivity index (χ1v) is 5.52. The summed E-state index contributed by atoms with van der Waals surface area (Å²) >= 11 is 0. The molecule has 1 heterocycles. The van der Waals surface area contributed by atoms with Crippen LogP contribution < -0.4 is 0 Å². The second kappa shape index (κ2) is 4.13. The first-order valence-electron chi connectivity index (χ1n) is 5.52. The number of hydrogen-bond donors (Lipinski definition) is 1. The van der Waals surface area contributed by atoms with Gasteiger partial charge in [-0.2, -0.15) is 0 Å². The number of nitrogens with zero attached hydrogens (tertiary/aromatic N) is 2. The maximum Gasteiger partial charge on any atom is 0.108 e. The van der Waals surface area contributed by atoms with Crippen LogP contribution in [0.1, 0.15) is 44.5 Å². The Labute approximate surface area is 84.8 Å². The molecule has 14 heavy (non-hydrogen) atoms. The van der Waals surface area contributed by atoms with Gasteiger partial charge in [-0.3, -0.25) is 0 Å². The van der Waals surface area contributed by atoms with Gasteiger partial charge < -0.3 is 9.67 Å². The Morgan fingerprint density at radius 1 is 1.57 bits per heavy atom. The van der Waals surface area contributed by atoms with E-state index in [1.807, 2.05) is 12.4 Å². The molecule has 0 bridgehead atoms. The van der Waals surface area contributed by atoms with Crippen molar-refractivity contribution in [3.63, 3.8) is 0 Å². The summed E-state index contributed by atoms with van der Waals surface area (Å²) in [6.07, 6.45) is 8.97. The molecular formula is C11H18N2O. The van der Waals surface area contributed by atoms with E-state index in [1.54, 1.807) is 0 Å². The lowest BCUT2D eigenvalue weighted by Gasteiger charge is -2.18. The van der Waals surface area contributed by atoms with Crippen molar-refractivity contribution in [2.75, 3.05) is 0 Å². The zero-order valence-corrected chi connectivity index (χ0v) is 8.69. The van der Waals surface area contributed by atoms with Crippen molar-refractivity contribution in [2.24, 2.45) is 0 Å². The van der Waals surface area contributed by atoms with Gasteiger partial charge in [0.15, 0.2) is 0 Å². The number of rotatable bonds is 3. The Morgan fingerprint density at radius 2 is 2.43 bits per heavy atom. The van der Waals surface area contributed by atoms with Gasteiger partial charge in [-0.15, -0.1) is 0 Å². The lowest BCUT2D eigenvalue weighted by Crippen LogP contribution is -2.19. The zero-order chi connectivity index (χ0) is 9.97. The maximum absolute atomic E-state index is 9.80. The van der Waals surface area contributed by atoms with Crippen LogP contribution >= 0.6 is 0 Å². The van der Waals surface area contributed by atoms with Crippen molar-refractivity contribution in [2.45, 2.75) is 51.2 Å². The fraction of sp³-hybridized carbons (Fsp3) is 0.727. The zero-order valence-electron chi connectivity index (χ0n) is 8.69. The van der Waals surface area contributed by atoms with Crippen LogP contribution in [-0.2, 0) is 6.42 Å². The third-order valence-electron chi connectivity index (χ3n) is 3.02. The molecule has 0 unspecified atom stereocenters. The number of hydrogen-bond acceptors (Lipinski definition) is 2. The van der Waals surface area contributed by atoms with Gasteiger partial charge in [0.2, 0.25) is 0 Å². The molecule has 0 saturated heterocycles. The molecule has 3 nitrogen and oxygen atoms in total. The minimum absolute atomic E-state index is 0.167. The monoisotopic (exact) mass is 194 g/mol. The Bertz CT molecular complexity index is 295. The lowest BCUT2D eigenvalue weighted by atomic mass is 10.2. The third kappa shape index (κ3) is 1.69. The van der Waals surface area contributed by atoms with E-state index in [0.29, 0.717) is 0 Å². The van der Waals surface area contributed by atoms with E-state index >= 15 is 0 Å². The summed E-state index contributed by atoms with van der Waals surface area (Å²) in [6.45, 7) is 2.16. The average molecular weight is 194 g/mol. The third-order valence-corrected chi connectivity index (χ3v) is 3.02. The van der Waals surface area contributed by atoms with Crippen molar-refractivity contribution in [1.29, 1.82) is 0 Å². The summed E-state index contributed by atoms with van der Waals surface area (Å²) in [5.41, 5.74) is 0. The molecule has 2 atom stereocenters. The fourth-order valence-electron chi connectivity index (χ4n) is 2.31.